The number of carbonyl (C=O) groups excluding carboxylic acids is 2. The Kier molecular flexibility index (Phi) is 1.22. The Morgan fingerprint density at radius 1 is 1.29 bits per heavy atom. The molecule has 14 heavy (non-hydrogen) atoms. The minimum atomic E-state index is -1.20. The summed E-state index contributed by atoms with van der Waals surface area (Å²) in [6, 6.07) is 6.95. The average molecular weight is 189 g/mol. The highest BCUT2D eigenvalue weighted by Gasteiger charge is 2.61. The number of anilines is 1. The lowest BCUT2D eigenvalue weighted by Gasteiger charge is -2.20. The van der Waals surface area contributed by atoms with E-state index in [0.29, 0.717) is 11.3 Å². The molecule has 1 aromatic carbocycles. The van der Waals surface area contributed by atoms with Crippen molar-refractivity contribution in [2.75, 3.05) is 11.9 Å². The number of fused-ring (bicyclic) bond motifs is 1. The second-order valence-corrected chi connectivity index (χ2v) is 3.44. The zero-order valence-electron chi connectivity index (χ0n) is 7.24. The SMILES string of the molecule is O=C1Nc2ccccc2C(=O)C12CO2. The number of ketones is 1. The normalized spacial score (nSPS) is 28.6. The number of hydrogen-bond acceptors (Lipinski definition) is 3. The molecule has 0 saturated carbocycles. The summed E-state index contributed by atoms with van der Waals surface area (Å²) in [5.74, 6) is -0.571. The fourth-order valence-electron chi connectivity index (χ4n) is 1.67. The van der Waals surface area contributed by atoms with Gasteiger partial charge in [-0.2, -0.15) is 0 Å². The van der Waals surface area contributed by atoms with E-state index in [4.69, 9.17) is 4.74 Å². The maximum absolute atomic E-state index is 11.8. The monoisotopic (exact) mass is 189 g/mol. The maximum Gasteiger partial charge on any atom is 0.267 e. The first-order valence-electron chi connectivity index (χ1n) is 4.33. The van der Waals surface area contributed by atoms with Gasteiger partial charge in [0.15, 0.2) is 0 Å². The Bertz CT molecular complexity index is 448. The van der Waals surface area contributed by atoms with Crippen molar-refractivity contribution >= 4 is 17.4 Å². The molecule has 4 heteroatoms. The molecule has 3 rings (SSSR count). The molecule has 1 amide bonds. The van der Waals surface area contributed by atoms with Crippen molar-refractivity contribution in [1.29, 1.82) is 0 Å². The zero-order chi connectivity index (χ0) is 9.76. The van der Waals surface area contributed by atoms with Gasteiger partial charge in [-0.25, -0.2) is 0 Å². The summed E-state index contributed by atoms with van der Waals surface area (Å²) < 4.78 is 4.96. The van der Waals surface area contributed by atoms with E-state index in [0.717, 1.165) is 0 Å². The van der Waals surface area contributed by atoms with Crippen LogP contribution in [0.5, 0.6) is 0 Å². The van der Waals surface area contributed by atoms with Crippen LogP contribution in [-0.4, -0.2) is 23.9 Å². The molecule has 1 saturated heterocycles. The number of nitrogens with one attached hydrogen (secondary N) is 1. The Balaban J connectivity index is 2.19. The predicted molar refractivity (Wildman–Crippen MR) is 48.1 cm³/mol. The smallest absolute Gasteiger partial charge is 0.267 e. The molecule has 2 aliphatic rings. The third-order valence-electron chi connectivity index (χ3n) is 2.59. The minimum absolute atomic E-state index is 0.200. The van der Waals surface area contributed by atoms with E-state index in [2.05, 4.69) is 5.32 Å². The van der Waals surface area contributed by atoms with Gasteiger partial charge in [0.25, 0.3) is 5.91 Å². The number of hydrogen-bond donors (Lipinski definition) is 1. The first-order valence-corrected chi connectivity index (χ1v) is 4.33. The van der Waals surface area contributed by atoms with Crippen LogP contribution in [0.25, 0.3) is 0 Å². The van der Waals surface area contributed by atoms with Crippen LogP contribution in [0.15, 0.2) is 24.3 Å². The van der Waals surface area contributed by atoms with Crippen molar-refractivity contribution in [3.8, 4) is 0 Å². The van der Waals surface area contributed by atoms with Crippen LogP contribution in [0.4, 0.5) is 5.69 Å². The standard InChI is InChI=1S/C10H7NO3/c12-8-6-3-1-2-4-7(6)11-9(13)10(8)5-14-10/h1-4H,5H2,(H,11,13). The first kappa shape index (κ1) is 7.70. The molecule has 1 N–H and O–H groups in total. The van der Waals surface area contributed by atoms with Gasteiger partial charge in [0.2, 0.25) is 11.4 Å². The van der Waals surface area contributed by atoms with Crippen molar-refractivity contribution in [3.63, 3.8) is 0 Å². The Labute approximate surface area is 79.9 Å². The topological polar surface area (TPSA) is 58.7 Å². The van der Waals surface area contributed by atoms with Crippen LogP contribution in [-0.2, 0) is 9.53 Å². The molecule has 0 aliphatic carbocycles. The van der Waals surface area contributed by atoms with Gasteiger partial charge in [0, 0.05) is 5.56 Å². The molecule has 1 unspecified atom stereocenters. The van der Waals surface area contributed by atoms with Gasteiger partial charge in [-0.15, -0.1) is 0 Å². The number of carbonyl (C=O) groups is 2. The molecule has 0 bridgehead atoms. The van der Waals surface area contributed by atoms with Gasteiger partial charge < -0.3 is 10.1 Å². The fraction of sp³-hybridized carbons (Fsp3) is 0.200. The van der Waals surface area contributed by atoms with E-state index >= 15 is 0 Å². The first-order chi connectivity index (χ1) is 6.74. The minimum Gasteiger partial charge on any atom is -0.351 e. The molecular formula is C10H7NO3. The predicted octanol–water partition coefficient (Wildman–Crippen LogP) is 0.590. The Morgan fingerprint density at radius 3 is 2.71 bits per heavy atom. The second-order valence-electron chi connectivity index (χ2n) is 3.44. The summed E-state index contributed by atoms with van der Waals surface area (Å²) in [4.78, 5) is 23.3. The highest BCUT2D eigenvalue weighted by Crippen LogP contribution is 2.38. The lowest BCUT2D eigenvalue weighted by atomic mass is 9.92. The summed E-state index contributed by atoms with van der Waals surface area (Å²) in [6.07, 6.45) is 0. The summed E-state index contributed by atoms with van der Waals surface area (Å²) in [7, 11) is 0. The van der Waals surface area contributed by atoms with Crippen molar-refractivity contribution in [2.24, 2.45) is 0 Å². The van der Waals surface area contributed by atoms with Gasteiger partial charge in [-0.3, -0.25) is 9.59 Å². The largest absolute Gasteiger partial charge is 0.351 e. The molecule has 2 aliphatic heterocycles. The average Bonchev–Trinajstić information content (AvgIpc) is 2.97. The lowest BCUT2D eigenvalue weighted by molar-refractivity contribution is -0.119. The van der Waals surface area contributed by atoms with Gasteiger partial charge in [-0.05, 0) is 12.1 Å². The van der Waals surface area contributed by atoms with Crippen LogP contribution < -0.4 is 5.32 Å². The highest BCUT2D eigenvalue weighted by molar-refractivity contribution is 6.28. The van der Waals surface area contributed by atoms with Gasteiger partial charge in [0.05, 0.1) is 12.3 Å². The molecule has 0 aromatic heterocycles. The van der Waals surface area contributed by atoms with Gasteiger partial charge >= 0.3 is 0 Å². The number of rotatable bonds is 0. The summed E-state index contributed by atoms with van der Waals surface area (Å²) in [6.45, 7) is 0.200. The number of epoxide rings is 1. The number of para-hydroxylation sites is 1. The van der Waals surface area contributed by atoms with Crippen LogP contribution in [0.3, 0.4) is 0 Å². The number of benzene rings is 1. The zero-order valence-corrected chi connectivity index (χ0v) is 7.24. The molecule has 70 valence electrons. The summed E-state index contributed by atoms with van der Waals surface area (Å²) in [5, 5.41) is 2.66. The number of ether oxygens (including phenoxy) is 1. The molecule has 1 atom stereocenters. The summed E-state index contributed by atoms with van der Waals surface area (Å²) in [5.41, 5.74) is -0.0952. The molecule has 0 radical (unpaired) electrons. The fourth-order valence-corrected chi connectivity index (χ4v) is 1.67. The molecule has 1 aromatic rings. The summed E-state index contributed by atoms with van der Waals surface area (Å²) >= 11 is 0. The van der Waals surface area contributed by atoms with Crippen molar-refractivity contribution in [1.82, 2.24) is 0 Å². The third kappa shape index (κ3) is 0.761. The van der Waals surface area contributed by atoms with E-state index < -0.39 is 5.60 Å². The van der Waals surface area contributed by atoms with Crippen molar-refractivity contribution < 1.29 is 14.3 Å². The molecule has 4 nitrogen and oxygen atoms in total. The number of amides is 1. The van der Waals surface area contributed by atoms with E-state index in [9.17, 15) is 9.59 Å². The maximum atomic E-state index is 11.8. The van der Waals surface area contributed by atoms with E-state index in [1.807, 2.05) is 0 Å². The van der Waals surface area contributed by atoms with Gasteiger partial charge in [0.1, 0.15) is 0 Å². The van der Waals surface area contributed by atoms with Crippen molar-refractivity contribution in [2.45, 2.75) is 5.60 Å². The molecular weight excluding hydrogens is 182 g/mol. The molecule has 2 heterocycles. The molecule has 1 fully saturated rings. The van der Waals surface area contributed by atoms with Gasteiger partial charge in [-0.1, -0.05) is 12.1 Å². The van der Waals surface area contributed by atoms with Crippen LogP contribution in [0, 0.1) is 0 Å². The molecule has 1 spiro atoms. The van der Waals surface area contributed by atoms with Crippen molar-refractivity contribution in [3.05, 3.63) is 29.8 Å². The van der Waals surface area contributed by atoms with E-state index in [1.165, 1.54) is 0 Å². The van der Waals surface area contributed by atoms with E-state index in [1.54, 1.807) is 24.3 Å². The Morgan fingerprint density at radius 2 is 2.00 bits per heavy atom. The highest BCUT2D eigenvalue weighted by atomic mass is 16.6. The van der Waals surface area contributed by atoms with Crippen LogP contribution >= 0.6 is 0 Å². The van der Waals surface area contributed by atoms with Crippen LogP contribution in [0.1, 0.15) is 10.4 Å². The Hall–Kier alpha value is -1.68. The second kappa shape index (κ2) is 2.22. The number of Topliss-reactive ketones (excluding diaryl/α,β-unsaturated/α-hetero) is 1. The van der Waals surface area contributed by atoms with E-state index in [-0.39, 0.29) is 18.3 Å². The quantitative estimate of drug-likeness (QED) is 0.480. The third-order valence-corrected chi connectivity index (χ3v) is 2.59. The van der Waals surface area contributed by atoms with Crippen LogP contribution in [0.2, 0.25) is 0 Å². The lowest BCUT2D eigenvalue weighted by Crippen LogP contribution is -2.43.